The lowest BCUT2D eigenvalue weighted by Crippen LogP contribution is -2.28. The van der Waals surface area contributed by atoms with E-state index < -0.39 is 15.4 Å². The van der Waals surface area contributed by atoms with Crippen molar-refractivity contribution in [1.29, 1.82) is 0 Å². The number of aromatic nitrogens is 1. The molecule has 1 aliphatic carbocycles. The SMILES string of the molecule is CNS(=O)(=O)c1ccc(-c2nc(NC(=O)C3(c4ccc(OC)cc4)CC3)ccc2C)cc1.[HH].[HH]. The molecule has 170 valence electrons. The first-order valence-electron chi connectivity index (χ1n) is 10.3. The number of hydrogen-bond acceptors (Lipinski definition) is 5. The Morgan fingerprint density at radius 2 is 1.69 bits per heavy atom. The van der Waals surface area contributed by atoms with Gasteiger partial charge in [0.1, 0.15) is 11.6 Å². The van der Waals surface area contributed by atoms with Crippen LogP contribution in [0.4, 0.5) is 5.82 Å². The summed E-state index contributed by atoms with van der Waals surface area (Å²) in [6.45, 7) is 1.92. The molecule has 0 bridgehead atoms. The van der Waals surface area contributed by atoms with Gasteiger partial charge in [-0.3, -0.25) is 4.79 Å². The summed E-state index contributed by atoms with van der Waals surface area (Å²) in [7, 11) is -0.519. The Labute approximate surface area is 190 Å². The van der Waals surface area contributed by atoms with Crippen molar-refractivity contribution in [2.24, 2.45) is 0 Å². The number of carbonyl (C=O) groups is 1. The van der Waals surface area contributed by atoms with E-state index in [9.17, 15) is 13.2 Å². The number of ether oxygens (including phenoxy) is 1. The number of carbonyl (C=O) groups excluding carboxylic acids is 1. The van der Waals surface area contributed by atoms with Crippen molar-refractivity contribution in [1.82, 2.24) is 9.71 Å². The molecule has 1 heterocycles. The molecule has 8 heteroatoms. The molecule has 1 saturated carbocycles. The quantitative estimate of drug-likeness (QED) is 0.558. The Morgan fingerprint density at radius 1 is 1.03 bits per heavy atom. The van der Waals surface area contributed by atoms with Crippen LogP contribution in [0.2, 0.25) is 0 Å². The topological polar surface area (TPSA) is 97.4 Å². The third kappa shape index (κ3) is 4.11. The van der Waals surface area contributed by atoms with Crippen LogP contribution in [0, 0.1) is 6.92 Å². The molecule has 4 rings (SSSR count). The molecule has 2 N–H and O–H groups in total. The van der Waals surface area contributed by atoms with Gasteiger partial charge in [-0.15, -0.1) is 0 Å². The van der Waals surface area contributed by atoms with Crippen molar-refractivity contribution < 1.29 is 20.8 Å². The summed E-state index contributed by atoms with van der Waals surface area (Å²) in [5.74, 6) is 1.13. The number of sulfonamides is 1. The highest BCUT2D eigenvalue weighted by Crippen LogP contribution is 2.49. The Hall–Kier alpha value is -3.23. The van der Waals surface area contributed by atoms with E-state index in [0.29, 0.717) is 11.5 Å². The Kier molecular flexibility index (Phi) is 5.75. The Bertz CT molecular complexity index is 1260. The zero-order chi connectivity index (χ0) is 22.9. The number of methoxy groups -OCH3 is 1. The fraction of sp³-hybridized carbons (Fsp3) is 0.250. The van der Waals surface area contributed by atoms with Crippen LogP contribution >= 0.6 is 0 Å². The highest BCUT2D eigenvalue weighted by molar-refractivity contribution is 7.89. The number of amides is 1. The molecule has 1 aromatic heterocycles. The molecule has 0 atom stereocenters. The smallest absolute Gasteiger partial charge is 0.240 e. The normalized spacial score (nSPS) is 14.6. The average Bonchev–Trinajstić information content (AvgIpc) is 3.63. The van der Waals surface area contributed by atoms with E-state index in [2.05, 4.69) is 15.0 Å². The van der Waals surface area contributed by atoms with Gasteiger partial charge in [-0.2, -0.15) is 0 Å². The summed E-state index contributed by atoms with van der Waals surface area (Å²) in [5, 5.41) is 2.97. The highest BCUT2D eigenvalue weighted by Gasteiger charge is 2.51. The summed E-state index contributed by atoms with van der Waals surface area (Å²) in [6, 6.07) is 17.8. The van der Waals surface area contributed by atoms with Gasteiger partial charge >= 0.3 is 0 Å². The van der Waals surface area contributed by atoms with Gasteiger partial charge in [0.15, 0.2) is 0 Å². The number of hydrogen-bond donors (Lipinski definition) is 2. The van der Waals surface area contributed by atoms with E-state index in [1.54, 1.807) is 25.3 Å². The third-order valence-corrected chi connectivity index (χ3v) is 7.30. The first-order chi connectivity index (χ1) is 15.3. The lowest BCUT2D eigenvalue weighted by atomic mass is 9.95. The molecule has 0 saturated heterocycles. The molecule has 0 radical (unpaired) electrons. The lowest BCUT2D eigenvalue weighted by molar-refractivity contribution is -0.118. The molecule has 1 amide bonds. The number of rotatable bonds is 7. The van der Waals surface area contributed by atoms with Crippen LogP contribution in [0.1, 0.15) is 26.8 Å². The van der Waals surface area contributed by atoms with E-state index in [1.165, 1.54) is 19.2 Å². The van der Waals surface area contributed by atoms with Crippen LogP contribution < -0.4 is 14.8 Å². The van der Waals surface area contributed by atoms with Gasteiger partial charge < -0.3 is 10.1 Å². The second kappa shape index (κ2) is 8.37. The van der Waals surface area contributed by atoms with E-state index in [0.717, 1.165) is 35.3 Å². The van der Waals surface area contributed by atoms with Gasteiger partial charge in [-0.05, 0) is 68.3 Å². The van der Waals surface area contributed by atoms with Crippen LogP contribution in [-0.4, -0.2) is 33.5 Å². The maximum absolute atomic E-state index is 13.1. The summed E-state index contributed by atoms with van der Waals surface area (Å²) in [5.41, 5.74) is 2.80. The van der Waals surface area contributed by atoms with E-state index >= 15 is 0 Å². The number of pyridine rings is 1. The molecule has 1 fully saturated rings. The van der Waals surface area contributed by atoms with Crippen LogP contribution in [0.25, 0.3) is 11.3 Å². The predicted molar refractivity (Wildman–Crippen MR) is 127 cm³/mol. The largest absolute Gasteiger partial charge is 0.497 e. The molecule has 7 nitrogen and oxygen atoms in total. The van der Waals surface area contributed by atoms with Gasteiger partial charge in [0, 0.05) is 8.42 Å². The van der Waals surface area contributed by atoms with Gasteiger partial charge in [-0.25, -0.2) is 18.1 Å². The van der Waals surface area contributed by atoms with Gasteiger partial charge in [0.2, 0.25) is 15.9 Å². The highest BCUT2D eigenvalue weighted by atomic mass is 32.2. The molecule has 0 spiro atoms. The van der Waals surface area contributed by atoms with Crippen LogP contribution in [0.15, 0.2) is 65.6 Å². The molecular weight excluding hydrogens is 426 g/mol. The van der Waals surface area contributed by atoms with Gasteiger partial charge in [0.05, 0.1) is 23.1 Å². The first kappa shape index (κ1) is 22.0. The van der Waals surface area contributed by atoms with E-state index in [4.69, 9.17) is 4.74 Å². The molecule has 32 heavy (non-hydrogen) atoms. The zero-order valence-corrected chi connectivity index (χ0v) is 19.0. The second-order valence-electron chi connectivity index (χ2n) is 7.86. The monoisotopic (exact) mass is 455 g/mol. The molecular formula is C24H29N3O4S. The van der Waals surface area contributed by atoms with Crippen LogP contribution in [0.3, 0.4) is 0 Å². The number of benzene rings is 2. The standard InChI is InChI=1S/C24H25N3O4S.2H2/c1-16-4-13-21(26-22(16)17-5-11-20(12-6-17)32(29,30)25-2)27-23(28)24(14-15-24)18-7-9-19(31-3)10-8-18;;/h4-13,25H,14-15H2,1-3H3,(H,26,27,28);2*1H. The third-order valence-electron chi connectivity index (χ3n) is 5.87. The molecule has 3 aromatic rings. The Morgan fingerprint density at radius 3 is 2.25 bits per heavy atom. The minimum Gasteiger partial charge on any atom is -0.497 e. The van der Waals surface area contributed by atoms with E-state index in [-0.39, 0.29) is 13.7 Å². The lowest BCUT2D eigenvalue weighted by Gasteiger charge is -2.17. The number of aryl methyl sites for hydroxylation is 1. The minimum absolute atomic E-state index is 0. The van der Waals surface area contributed by atoms with Crippen molar-refractivity contribution in [3.05, 3.63) is 71.8 Å². The summed E-state index contributed by atoms with van der Waals surface area (Å²) < 4.78 is 31.4. The van der Waals surface area contributed by atoms with Crippen LogP contribution in [0.5, 0.6) is 5.75 Å². The summed E-state index contributed by atoms with van der Waals surface area (Å²) in [4.78, 5) is 17.9. The number of anilines is 1. The van der Waals surface area contributed by atoms with Gasteiger partial charge in [-0.1, -0.05) is 30.3 Å². The van der Waals surface area contributed by atoms with Crippen molar-refractivity contribution in [3.8, 4) is 17.0 Å². The molecule has 2 aromatic carbocycles. The predicted octanol–water partition coefficient (Wildman–Crippen LogP) is 4.14. The molecule has 0 unspecified atom stereocenters. The first-order valence-corrected chi connectivity index (χ1v) is 11.7. The fourth-order valence-electron chi connectivity index (χ4n) is 3.72. The molecule has 0 aliphatic heterocycles. The van der Waals surface area contributed by atoms with Crippen molar-refractivity contribution in [3.63, 3.8) is 0 Å². The van der Waals surface area contributed by atoms with Crippen LogP contribution in [-0.2, 0) is 20.2 Å². The number of nitrogens with one attached hydrogen (secondary N) is 2. The Balaban J connectivity index is 0.00000204. The minimum atomic E-state index is -3.51. The average molecular weight is 456 g/mol. The fourth-order valence-corrected chi connectivity index (χ4v) is 4.45. The number of nitrogens with zero attached hydrogens (tertiary/aromatic N) is 1. The molecule has 1 aliphatic rings. The maximum atomic E-state index is 13.1. The summed E-state index contributed by atoms with van der Waals surface area (Å²) in [6.07, 6.45) is 1.57. The zero-order valence-electron chi connectivity index (χ0n) is 18.2. The van der Waals surface area contributed by atoms with Gasteiger partial charge in [0.25, 0.3) is 0 Å². The van der Waals surface area contributed by atoms with Crippen molar-refractivity contribution in [2.75, 3.05) is 19.5 Å². The summed E-state index contributed by atoms with van der Waals surface area (Å²) >= 11 is 0. The van der Waals surface area contributed by atoms with Crippen molar-refractivity contribution >= 4 is 21.7 Å². The van der Waals surface area contributed by atoms with Crippen molar-refractivity contribution in [2.45, 2.75) is 30.1 Å². The maximum Gasteiger partial charge on any atom is 0.240 e. The second-order valence-corrected chi connectivity index (χ2v) is 9.75. The van der Waals surface area contributed by atoms with E-state index in [1.807, 2.05) is 37.3 Å².